The highest BCUT2D eigenvalue weighted by Crippen LogP contribution is 2.30. The topological polar surface area (TPSA) is 15.3 Å². The molecule has 0 amide bonds. The molecule has 2 nitrogen and oxygen atoms in total. The molecule has 2 atom stereocenters. The van der Waals surface area contributed by atoms with Crippen molar-refractivity contribution >= 4 is 17.4 Å². The van der Waals surface area contributed by atoms with Gasteiger partial charge in [-0.05, 0) is 32.0 Å². The molecule has 2 unspecified atom stereocenters. The van der Waals surface area contributed by atoms with E-state index < -0.39 is 0 Å². The first-order chi connectivity index (χ1) is 8.76. The van der Waals surface area contributed by atoms with E-state index >= 15 is 0 Å². The fraction of sp³-hybridized carbons (Fsp3) is 0.600. The molecule has 2 rings (SSSR count). The molecule has 1 N–H and O–H groups in total. The van der Waals surface area contributed by atoms with Gasteiger partial charge >= 0.3 is 0 Å². The second-order valence-corrected chi connectivity index (χ2v) is 6.32. The molecule has 0 aliphatic carbocycles. The van der Waals surface area contributed by atoms with Gasteiger partial charge in [-0.1, -0.05) is 25.1 Å². The van der Waals surface area contributed by atoms with E-state index in [2.05, 4.69) is 60.1 Å². The largest absolute Gasteiger partial charge is 0.369 e. The van der Waals surface area contributed by atoms with Crippen molar-refractivity contribution in [3.8, 4) is 0 Å². The van der Waals surface area contributed by atoms with Crippen molar-refractivity contribution < 1.29 is 0 Å². The van der Waals surface area contributed by atoms with E-state index in [1.54, 1.807) is 0 Å². The van der Waals surface area contributed by atoms with Gasteiger partial charge in [0, 0.05) is 35.8 Å². The molecule has 3 heteroatoms. The Balaban J connectivity index is 2.21. The van der Waals surface area contributed by atoms with Crippen molar-refractivity contribution in [3.05, 3.63) is 29.8 Å². The van der Waals surface area contributed by atoms with Gasteiger partial charge in [-0.15, -0.1) is 0 Å². The fourth-order valence-electron chi connectivity index (χ4n) is 2.48. The predicted octanol–water partition coefficient (Wildman–Crippen LogP) is 3.30. The summed E-state index contributed by atoms with van der Waals surface area (Å²) in [5.74, 6) is 1.25. The molecular formula is C15H24N2S. The third-order valence-electron chi connectivity index (χ3n) is 3.77. The first-order valence-electron chi connectivity index (χ1n) is 6.89. The molecule has 18 heavy (non-hydrogen) atoms. The van der Waals surface area contributed by atoms with E-state index in [0.29, 0.717) is 6.04 Å². The minimum Gasteiger partial charge on any atom is -0.369 e. The number of hydrogen-bond acceptors (Lipinski definition) is 3. The van der Waals surface area contributed by atoms with E-state index in [0.717, 1.165) is 5.25 Å². The minimum absolute atomic E-state index is 0.413. The Hall–Kier alpha value is -0.670. The molecule has 0 saturated carbocycles. The summed E-state index contributed by atoms with van der Waals surface area (Å²) in [6.07, 6.45) is 1.27. The van der Waals surface area contributed by atoms with E-state index in [9.17, 15) is 0 Å². The lowest BCUT2D eigenvalue weighted by Crippen LogP contribution is -2.38. The Bertz CT molecular complexity index is 381. The van der Waals surface area contributed by atoms with E-state index in [1.165, 1.54) is 36.5 Å². The Morgan fingerprint density at radius 2 is 2.22 bits per heavy atom. The third-order valence-corrected chi connectivity index (χ3v) is 5.14. The van der Waals surface area contributed by atoms with Gasteiger partial charge in [-0.3, -0.25) is 0 Å². The summed E-state index contributed by atoms with van der Waals surface area (Å²) < 4.78 is 0. The zero-order valence-corrected chi connectivity index (χ0v) is 12.5. The maximum Gasteiger partial charge on any atom is 0.0415 e. The lowest BCUT2D eigenvalue weighted by atomic mass is 10.0. The van der Waals surface area contributed by atoms with Crippen LogP contribution in [0.5, 0.6) is 0 Å². The van der Waals surface area contributed by atoms with E-state index in [1.807, 2.05) is 7.05 Å². The van der Waals surface area contributed by atoms with Crippen LogP contribution < -0.4 is 10.2 Å². The first kappa shape index (κ1) is 13.8. The molecule has 0 bridgehead atoms. The van der Waals surface area contributed by atoms with Gasteiger partial charge in [0.05, 0.1) is 0 Å². The van der Waals surface area contributed by atoms with Gasteiger partial charge in [0.25, 0.3) is 0 Å². The lowest BCUT2D eigenvalue weighted by molar-refractivity contribution is 0.643. The summed E-state index contributed by atoms with van der Waals surface area (Å²) in [5, 5.41) is 4.14. The molecule has 0 spiro atoms. The summed E-state index contributed by atoms with van der Waals surface area (Å²) >= 11 is 2.12. The lowest BCUT2D eigenvalue weighted by Gasteiger charge is -2.35. The van der Waals surface area contributed by atoms with Crippen LogP contribution in [-0.4, -0.2) is 31.1 Å². The van der Waals surface area contributed by atoms with Crippen molar-refractivity contribution in [2.24, 2.45) is 0 Å². The molecule has 1 fully saturated rings. The van der Waals surface area contributed by atoms with Gasteiger partial charge in [0.15, 0.2) is 0 Å². The van der Waals surface area contributed by atoms with Crippen LogP contribution >= 0.6 is 11.8 Å². The number of rotatable bonds is 4. The van der Waals surface area contributed by atoms with Crippen LogP contribution in [0.3, 0.4) is 0 Å². The summed E-state index contributed by atoms with van der Waals surface area (Å²) in [4.78, 5) is 2.56. The number of para-hydroxylation sites is 1. The van der Waals surface area contributed by atoms with Crippen LogP contribution in [0.4, 0.5) is 5.69 Å². The van der Waals surface area contributed by atoms with Crippen molar-refractivity contribution in [1.82, 2.24) is 5.32 Å². The third kappa shape index (κ3) is 3.01. The number of nitrogens with zero attached hydrogens (tertiary/aromatic N) is 1. The zero-order valence-electron chi connectivity index (χ0n) is 11.6. The number of benzene rings is 1. The minimum atomic E-state index is 0.413. The molecule has 0 aromatic heterocycles. The smallest absolute Gasteiger partial charge is 0.0415 e. The summed E-state index contributed by atoms with van der Waals surface area (Å²) in [6, 6.07) is 9.23. The number of thioether (sulfide) groups is 1. The molecule has 1 aromatic rings. The van der Waals surface area contributed by atoms with Gasteiger partial charge in [-0.2, -0.15) is 11.8 Å². The van der Waals surface area contributed by atoms with Crippen LogP contribution in [0.15, 0.2) is 24.3 Å². The summed E-state index contributed by atoms with van der Waals surface area (Å²) in [5.41, 5.74) is 2.83. The summed E-state index contributed by atoms with van der Waals surface area (Å²) in [7, 11) is 2.03. The highest BCUT2D eigenvalue weighted by atomic mass is 32.2. The molecule has 0 radical (unpaired) electrons. The average Bonchev–Trinajstić information content (AvgIpc) is 2.46. The molecule has 1 saturated heterocycles. The molecule has 1 aliphatic rings. The summed E-state index contributed by atoms with van der Waals surface area (Å²) in [6.45, 7) is 6.89. The monoisotopic (exact) mass is 264 g/mol. The normalized spacial score (nSPS) is 21.9. The molecular weight excluding hydrogens is 240 g/mol. The van der Waals surface area contributed by atoms with Crippen molar-refractivity contribution in [1.29, 1.82) is 0 Å². The van der Waals surface area contributed by atoms with Crippen LogP contribution in [0.1, 0.15) is 31.9 Å². The quantitative estimate of drug-likeness (QED) is 0.898. The molecule has 1 heterocycles. The van der Waals surface area contributed by atoms with Crippen LogP contribution in [-0.2, 0) is 0 Å². The Morgan fingerprint density at radius 1 is 1.44 bits per heavy atom. The maximum atomic E-state index is 3.35. The Kier molecular flexibility index (Phi) is 4.95. The Labute approximate surface area is 115 Å². The maximum absolute atomic E-state index is 3.35. The van der Waals surface area contributed by atoms with E-state index in [4.69, 9.17) is 0 Å². The number of nitrogens with one attached hydrogen (secondary N) is 1. The molecule has 100 valence electrons. The first-order valence-corrected chi connectivity index (χ1v) is 7.93. The van der Waals surface area contributed by atoms with Crippen LogP contribution in [0.25, 0.3) is 0 Å². The molecule has 1 aliphatic heterocycles. The van der Waals surface area contributed by atoms with Gasteiger partial charge in [0.1, 0.15) is 0 Å². The van der Waals surface area contributed by atoms with Crippen LogP contribution in [0.2, 0.25) is 0 Å². The van der Waals surface area contributed by atoms with Gasteiger partial charge < -0.3 is 10.2 Å². The second-order valence-electron chi connectivity index (χ2n) is 4.92. The zero-order chi connectivity index (χ0) is 13.0. The van der Waals surface area contributed by atoms with E-state index in [-0.39, 0.29) is 0 Å². The fourth-order valence-corrected chi connectivity index (χ4v) is 3.66. The van der Waals surface area contributed by atoms with Crippen LogP contribution in [0, 0.1) is 0 Å². The standard InChI is InChI=1S/C15H24N2S/c1-4-13-11-17(9-10-18-13)15-8-6-5-7-14(15)12(2)16-3/h5-8,12-13,16H,4,9-11H2,1-3H3. The van der Waals surface area contributed by atoms with Crippen molar-refractivity contribution in [2.45, 2.75) is 31.6 Å². The second kappa shape index (κ2) is 6.48. The van der Waals surface area contributed by atoms with Crippen molar-refractivity contribution in [3.63, 3.8) is 0 Å². The SMILES string of the molecule is CCC1CN(c2ccccc2C(C)NC)CCS1. The highest BCUT2D eigenvalue weighted by molar-refractivity contribution is 8.00. The average molecular weight is 264 g/mol. The van der Waals surface area contributed by atoms with Crippen molar-refractivity contribution in [2.75, 3.05) is 30.8 Å². The predicted molar refractivity (Wildman–Crippen MR) is 82.7 cm³/mol. The number of hydrogen-bond donors (Lipinski definition) is 1. The Morgan fingerprint density at radius 3 is 2.94 bits per heavy atom. The highest BCUT2D eigenvalue weighted by Gasteiger charge is 2.21. The van der Waals surface area contributed by atoms with Gasteiger partial charge in [0.2, 0.25) is 0 Å². The molecule has 1 aromatic carbocycles. The van der Waals surface area contributed by atoms with Gasteiger partial charge in [-0.25, -0.2) is 0 Å². The number of anilines is 1.